The smallest absolute Gasteiger partial charge is 0.248 e. The molecule has 29 heavy (non-hydrogen) atoms. The fourth-order valence-corrected chi connectivity index (χ4v) is 4.61. The topological polar surface area (TPSA) is 75.7 Å². The highest BCUT2D eigenvalue weighted by molar-refractivity contribution is 7.98. The number of anilines is 1. The normalized spacial score (nSPS) is 11.8. The molecule has 0 fully saturated rings. The third kappa shape index (κ3) is 5.85. The first kappa shape index (κ1) is 23.0. The van der Waals surface area contributed by atoms with Gasteiger partial charge in [0.2, 0.25) is 15.9 Å². The number of thioether (sulfide) groups is 1. The maximum atomic E-state index is 12.8. The van der Waals surface area contributed by atoms with E-state index in [0.29, 0.717) is 24.5 Å². The molecule has 0 heterocycles. The average molecular weight is 435 g/mol. The molecule has 2 aromatic carbocycles. The quantitative estimate of drug-likeness (QED) is 0.475. The van der Waals surface area contributed by atoms with Crippen molar-refractivity contribution >= 4 is 39.5 Å². The van der Waals surface area contributed by atoms with Crippen molar-refractivity contribution in [3.8, 4) is 5.75 Å². The molecule has 0 unspecified atom stereocenters. The molecule has 0 saturated heterocycles. The summed E-state index contributed by atoms with van der Waals surface area (Å²) in [4.78, 5) is 13.6. The number of sulfonamides is 1. The molecule has 0 bridgehead atoms. The highest BCUT2D eigenvalue weighted by atomic mass is 32.2. The van der Waals surface area contributed by atoms with Gasteiger partial charge >= 0.3 is 0 Å². The van der Waals surface area contributed by atoms with Crippen molar-refractivity contribution in [1.29, 1.82) is 0 Å². The Morgan fingerprint density at radius 3 is 2.34 bits per heavy atom. The first-order chi connectivity index (χ1) is 13.8. The summed E-state index contributed by atoms with van der Waals surface area (Å²) >= 11 is 1.65. The zero-order chi connectivity index (χ0) is 21.4. The Morgan fingerprint density at radius 2 is 1.79 bits per heavy atom. The molecule has 0 aliphatic heterocycles. The van der Waals surface area contributed by atoms with E-state index in [4.69, 9.17) is 4.74 Å². The van der Waals surface area contributed by atoms with Crippen LogP contribution in [0.2, 0.25) is 0 Å². The van der Waals surface area contributed by atoms with E-state index in [9.17, 15) is 13.2 Å². The fourth-order valence-electron chi connectivity index (χ4n) is 2.72. The predicted molar refractivity (Wildman–Crippen MR) is 119 cm³/mol. The van der Waals surface area contributed by atoms with Crippen molar-refractivity contribution in [2.75, 3.05) is 31.8 Å². The first-order valence-electron chi connectivity index (χ1n) is 9.17. The minimum Gasteiger partial charge on any atom is -0.495 e. The van der Waals surface area contributed by atoms with Crippen LogP contribution >= 0.6 is 11.8 Å². The largest absolute Gasteiger partial charge is 0.495 e. The van der Waals surface area contributed by atoms with Crippen LogP contribution in [0.25, 0.3) is 6.08 Å². The molecule has 0 aromatic heterocycles. The second kappa shape index (κ2) is 10.5. The lowest BCUT2D eigenvalue weighted by molar-refractivity contribution is -0.111. The van der Waals surface area contributed by atoms with Crippen LogP contribution < -0.4 is 10.1 Å². The molecule has 0 atom stereocenters. The summed E-state index contributed by atoms with van der Waals surface area (Å²) in [6, 6.07) is 12.2. The van der Waals surface area contributed by atoms with E-state index in [0.717, 1.165) is 10.5 Å². The van der Waals surface area contributed by atoms with Crippen LogP contribution in [0.3, 0.4) is 0 Å². The van der Waals surface area contributed by atoms with Crippen molar-refractivity contribution in [2.24, 2.45) is 0 Å². The van der Waals surface area contributed by atoms with Crippen LogP contribution in [0.5, 0.6) is 5.75 Å². The predicted octanol–water partition coefficient (Wildman–Crippen LogP) is 4.10. The lowest BCUT2D eigenvalue weighted by Gasteiger charge is -2.19. The van der Waals surface area contributed by atoms with E-state index >= 15 is 0 Å². The molecule has 0 aliphatic rings. The lowest BCUT2D eigenvalue weighted by atomic mass is 10.2. The highest BCUT2D eigenvalue weighted by Crippen LogP contribution is 2.29. The molecule has 8 heteroatoms. The number of hydrogen-bond acceptors (Lipinski definition) is 5. The number of amides is 1. The van der Waals surface area contributed by atoms with Gasteiger partial charge in [0.25, 0.3) is 0 Å². The van der Waals surface area contributed by atoms with Gasteiger partial charge in [0, 0.05) is 24.1 Å². The molecule has 2 aromatic rings. The molecule has 0 aliphatic carbocycles. The number of benzene rings is 2. The third-order valence-electron chi connectivity index (χ3n) is 4.31. The van der Waals surface area contributed by atoms with E-state index in [1.807, 2.05) is 30.5 Å². The van der Waals surface area contributed by atoms with Crippen LogP contribution in [-0.4, -0.2) is 45.1 Å². The Hall–Kier alpha value is -2.29. The van der Waals surface area contributed by atoms with Crippen molar-refractivity contribution in [3.05, 3.63) is 54.1 Å². The molecule has 156 valence electrons. The second-order valence-electron chi connectivity index (χ2n) is 6.05. The molecular weight excluding hydrogens is 408 g/mol. The van der Waals surface area contributed by atoms with E-state index in [1.54, 1.807) is 31.7 Å². The average Bonchev–Trinajstić information content (AvgIpc) is 2.73. The van der Waals surface area contributed by atoms with Crippen molar-refractivity contribution in [3.63, 3.8) is 0 Å². The Bertz CT molecular complexity index is 967. The third-order valence-corrected chi connectivity index (χ3v) is 7.10. The number of hydrogen-bond donors (Lipinski definition) is 1. The van der Waals surface area contributed by atoms with Gasteiger partial charge in [-0.2, -0.15) is 4.31 Å². The van der Waals surface area contributed by atoms with Crippen molar-refractivity contribution in [1.82, 2.24) is 4.31 Å². The zero-order valence-electron chi connectivity index (χ0n) is 17.0. The molecule has 1 amide bonds. The minimum atomic E-state index is -3.64. The summed E-state index contributed by atoms with van der Waals surface area (Å²) in [5.41, 5.74) is 1.19. The Labute approximate surface area is 177 Å². The summed E-state index contributed by atoms with van der Waals surface area (Å²) in [5, 5.41) is 2.70. The SMILES string of the molecule is CCN(CC)S(=O)(=O)c1ccc(OC)c(NC(=O)/C=C/c2ccc(SC)cc2)c1. The molecule has 2 rings (SSSR count). The van der Waals surface area contributed by atoms with E-state index < -0.39 is 10.0 Å². The van der Waals surface area contributed by atoms with Gasteiger partial charge in [-0.15, -0.1) is 11.8 Å². The van der Waals surface area contributed by atoms with Gasteiger partial charge in [0.1, 0.15) is 5.75 Å². The standard InChI is InChI=1S/C21H26N2O4S2/c1-5-23(6-2)29(25,26)18-12-13-20(27-3)19(15-18)22-21(24)14-9-16-7-10-17(28-4)11-8-16/h7-15H,5-6H2,1-4H3,(H,22,24)/b14-9+. The van der Waals surface area contributed by atoms with Gasteiger partial charge in [0.15, 0.2) is 0 Å². The monoisotopic (exact) mass is 434 g/mol. The molecule has 6 nitrogen and oxygen atoms in total. The molecule has 0 spiro atoms. The van der Waals surface area contributed by atoms with E-state index in [2.05, 4.69) is 5.32 Å². The Kier molecular flexibility index (Phi) is 8.31. The number of nitrogens with zero attached hydrogens (tertiary/aromatic N) is 1. The van der Waals surface area contributed by atoms with Gasteiger partial charge in [-0.05, 0) is 48.2 Å². The summed E-state index contributed by atoms with van der Waals surface area (Å²) in [5.74, 6) is 0.00389. The fraction of sp³-hybridized carbons (Fsp3) is 0.286. The van der Waals surface area contributed by atoms with Crippen molar-refractivity contribution < 1.29 is 17.9 Å². The van der Waals surface area contributed by atoms with Crippen molar-refractivity contribution in [2.45, 2.75) is 23.6 Å². The summed E-state index contributed by atoms with van der Waals surface area (Å²) in [7, 11) is -2.17. The summed E-state index contributed by atoms with van der Waals surface area (Å²) in [6.07, 6.45) is 5.10. The zero-order valence-corrected chi connectivity index (χ0v) is 18.6. The van der Waals surface area contributed by atoms with Gasteiger partial charge in [-0.3, -0.25) is 4.79 Å². The number of rotatable bonds is 9. The van der Waals surface area contributed by atoms with Crippen LogP contribution in [0.1, 0.15) is 19.4 Å². The van der Waals surface area contributed by atoms with Crippen LogP contribution in [-0.2, 0) is 14.8 Å². The van der Waals surface area contributed by atoms with Crippen LogP contribution in [0.4, 0.5) is 5.69 Å². The number of nitrogens with one attached hydrogen (secondary N) is 1. The summed E-state index contributed by atoms with van der Waals surface area (Å²) < 4.78 is 32.1. The van der Waals surface area contributed by atoms with Gasteiger partial charge in [-0.25, -0.2) is 8.42 Å². The van der Waals surface area contributed by atoms with Crippen LogP contribution in [0.15, 0.2) is 58.3 Å². The highest BCUT2D eigenvalue weighted by Gasteiger charge is 2.23. The Morgan fingerprint density at radius 1 is 1.14 bits per heavy atom. The molecule has 0 saturated carbocycles. The van der Waals surface area contributed by atoms with Gasteiger partial charge < -0.3 is 10.1 Å². The molecule has 1 N–H and O–H groups in total. The van der Waals surface area contributed by atoms with E-state index in [-0.39, 0.29) is 10.8 Å². The summed E-state index contributed by atoms with van der Waals surface area (Å²) in [6.45, 7) is 4.29. The number of ether oxygens (including phenoxy) is 1. The minimum absolute atomic E-state index is 0.105. The number of methoxy groups -OCH3 is 1. The molecular formula is C21H26N2O4S2. The van der Waals surface area contributed by atoms with Gasteiger partial charge in [0.05, 0.1) is 17.7 Å². The first-order valence-corrected chi connectivity index (χ1v) is 11.8. The number of carbonyl (C=O) groups excluding carboxylic acids is 1. The maximum Gasteiger partial charge on any atom is 0.248 e. The van der Waals surface area contributed by atoms with E-state index in [1.165, 1.54) is 35.7 Å². The maximum absolute atomic E-state index is 12.8. The second-order valence-corrected chi connectivity index (χ2v) is 8.86. The molecule has 0 radical (unpaired) electrons. The van der Waals surface area contributed by atoms with Crippen LogP contribution in [0, 0.1) is 0 Å². The lowest BCUT2D eigenvalue weighted by Crippen LogP contribution is -2.30. The van der Waals surface area contributed by atoms with Gasteiger partial charge in [-0.1, -0.05) is 26.0 Å². The Balaban J connectivity index is 2.24. The number of carbonyl (C=O) groups is 1.